The SMILES string of the molecule is CC(C)C(CN(C)C)NC(=O)Nc1cncc(C(=O)O)c1. The molecule has 116 valence electrons. The number of carbonyl (C=O) groups excluding carboxylic acids is 1. The predicted octanol–water partition coefficient (Wildman–Crippen LogP) is 1.49. The number of carbonyl (C=O) groups is 2. The number of amides is 2. The van der Waals surface area contributed by atoms with Gasteiger partial charge in [-0.1, -0.05) is 13.8 Å². The first kappa shape index (κ1) is 16.9. The minimum Gasteiger partial charge on any atom is -0.478 e. The lowest BCUT2D eigenvalue weighted by molar-refractivity contribution is 0.0696. The van der Waals surface area contributed by atoms with Gasteiger partial charge >= 0.3 is 12.0 Å². The van der Waals surface area contributed by atoms with Crippen LogP contribution >= 0.6 is 0 Å². The molecule has 7 nitrogen and oxygen atoms in total. The summed E-state index contributed by atoms with van der Waals surface area (Å²) in [6.07, 6.45) is 2.64. The number of pyridine rings is 1. The van der Waals surface area contributed by atoms with Gasteiger partial charge in [-0.3, -0.25) is 4.98 Å². The summed E-state index contributed by atoms with van der Waals surface area (Å²) in [6, 6.07) is 0.987. The van der Waals surface area contributed by atoms with Crippen molar-refractivity contribution in [2.45, 2.75) is 19.9 Å². The summed E-state index contributed by atoms with van der Waals surface area (Å²) in [5.41, 5.74) is 0.376. The summed E-state index contributed by atoms with van der Waals surface area (Å²) >= 11 is 0. The van der Waals surface area contributed by atoms with Gasteiger partial charge < -0.3 is 20.6 Å². The smallest absolute Gasteiger partial charge is 0.337 e. The van der Waals surface area contributed by atoms with E-state index in [9.17, 15) is 9.59 Å². The van der Waals surface area contributed by atoms with E-state index < -0.39 is 5.97 Å². The Kier molecular flexibility index (Phi) is 6.10. The first-order valence-corrected chi connectivity index (χ1v) is 6.70. The molecule has 1 rings (SSSR count). The zero-order chi connectivity index (χ0) is 16.0. The van der Waals surface area contributed by atoms with Crippen LogP contribution in [0.15, 0.2) is 18.5 Å². The zero-order valence-electron chi connectivity index (χ0n) is 12.8. The number of nitrogens with zero attached hydrogens (tertiary/aromatic N) is 2. The van der Waals surface area contributed by atoms with Gasteiger partial charge in [0.05, 0.1) is 17.4 Å². The number of carboxylic acid groups (broad SMARTS) is 1. The summed E-state index contributed by atoms with van der Waals surface area (Å²) in [6.45, 7) is 4.78. The first-order chi connectivity index (χ1) is 9.79. The van der Waals surface area contributed by atoms with E-state index >= 15 is 0 Å². The molecular formula is C14H22N4O3. The van der Waals surface area contributed by atoms with Gasteiger partial charge in [0.1, 0.15) is 0 Å². The summed E-state index contributed by atoms with van der Waals surface area (Å²) in [5, 5.41) is 14.4. The Labute approximate surface area is 124 Å². The van der Waals surface area contributed by atoms with Crippen LogP contribution in [0.4, 0.5) is 10.5 Å². The fraction of sp³-hybridized carbons (Fsp3) is 0.500. The number of hydrogen-bond acceptors (Lipinski definition) is 4. The lowest BCUT2D eigenvalue weighted by Gasteiger charge is -2.25. The molecule has 0 aliphatic heterocycles. The molecule has 0 aliphatic carbocycles. The highest BCUT2D eigenvalue weighted by atomic mass is 16.4. The molecule has 1 heterocycles. The lowest BCUT2D eigenvalue weighted by Crippen LogP contribution is -2.46. The Hall–Kier alpha value is -2.15. The van der Waals surface area contributed by atoms with Crippen LogP contribution in [-0.2, 0) is 0 Å². The van der Waals surface area contributed by atoms with E-state index in [1.807, 2.05) is 32.8 Å². The molecule has 0 fully saturated rings. The number of hydrogen-bond donors (Lipinski definition) is 3. The van der Waals surface area contributed by atoms with Crippen molar-refractivity contribution in [1.29, 1.82) is 0 Å². The second-order valence-corrected chi connectivity index (χ2v) is 5.48. The second-order valence-electron chi connectivity index (χ2n) is 5.48. The first-order valence-electron chi connectivity index (χ1n) is 6.70. The minimum absolute atomic E-state index is 0.00406. The molecule has 2 amide bonds. The molecule has 21 heavy (non-hydrogen) atoms. The molecule has 0 spiro atoms. The second kappa shape index (κ2) is 7.58. The molecule has 7 heteroatoms. The van der Waals surface area contributed by atoms with Crippen molar-refractivity contribution in [3.05, 3.63) is 24.0 Å². The highest BCUT2D eigenvalue weighted by molar-refractivity contribution is 5.92. The van der Waals surface area contributed by atoms with E-state index in [1.165, 1.54) is 18.5 Å². The topological polar surface area (TPSA) is 94.6 Å². The van der Waals surface area contributed by atoms with Crippen molar-refractivity contribution < 1.29 is 14.7 Å². The van der Waals surface area contributed by atoms with Crippen LogP contribution in [0, 0.1) is 5.92 Å². The minimum atomic E-state index is -1.08. The quantitative estimate of drug-likeness (QED) is 0.739. The number of likely N-dealkylation sites (N-methyl/N-ethyl adjacent to an activating group) is 1. The molecule has 3 N–H and O–H groups in total. The van der Waals surface area contributed by atoms with Crippen molar-refractivity contribution in [2.24, 2.45) is 5.92 Å². The van der Waals surface area contributed by atoms with Crippen molar-refractivity contribution in [3.63, 3.8) is 0 Å². The van der Waals surface area contributed by atoms with Gasteiger partial charge in [0.15, 0.2) is 0 Å². The van der Waals surface area contributed by atoms with E-state index in [0.717, 1.165) is 6.54 Å². The molecule has 1 atom stereocenters. The third-order valence-corrected chi connectivity index (χ3v) is 2.93. The zero-order valence-corrected chi connectivity index (χ0v) is 12.8. The van der Waals surface area contributed by atoms with E-state index in [-0.39, 0.29) is 23.6 Å². The van der Waals surface area contributed by atoms with E-state index in [0.29, 0.717) is 5.69 Å². The summed E-state index contributed by atoms with van der Waals surface area (Å²) in [7, 11) is 3.88. The maximum Gasteiger partial charge on any atom is 0.337 e. The van der Waals surface area contributed by atoms with Crippen molar-refractivity contribution >= 4 is 17.7 Å². The maximum atomic E-state index is 12.0. The van der Waals surface area contributed by atoms with Crippen LogP contribution in [0.5, 0.6) is 0 Å². The Morgan fingerprint density at radius 1 is 1.33 bits per heavy atom. The van der Waals surface area contributed by atoms with Gasteiger partial charge in [-0.15, -0.1) is 0 Å². The van der Waals surface area contributed by atoms with Crippen LogP contribution in [0.3, 0.4) is 0 Å². The van der Waals surface area contributed by atoms with Gasteiger partial charge in [-0.2, -0.15) is 0 Å². The molecule has 0 radical (unpaired) electrons. The van der Waals surface area contributed by atoms with Crippen LogP contribution in [0.1, 0.15) is 24.2 Å². The monoisotopic (exact) mass is 294 g/mol. The van der Waals surface area contributed by atoms with E-state index in [4.69, 9.17) is 5.11 Å². The number of aromatic carboxylic acids is 1. The highest BCUT2D eigenvalue weighted by Gasteiger charge is 2.17. The standard InChI is InChI=1S/C14H22N4O3/c1-9(2)12(8-18(3)4)17-14(21)16-11-5-10(13(19)20)6-15-7-11/h5-7,9,12H,8H2,1-4H3,(H,19,20)(H2,16,17,21). The fourth-order valence-corrected chi connectivity index (χ4v) is 1.78. The summed E-state index contributed by atoms with van der Waals surface area (Å²) in [5.74, 6) is -0.805. The fourth-order valence-electron chi connectivity index (χ4n) is 1.78. The van der Waals surface area contributed by atoms with Crippen LogP contribution in [0.2, 0.25) is 0 Å². The number of aromatic nitrogens is 1. The average molecular weight is 294 g/mol. The van der Waals surface area contributed by atoms with E-state index in [1.54, 1.807) is 0 Å². The van der Waals surface area contributed by atoms with Crippen LogP contribution in [0.25, 0.3) is 0 Å². The van der Waals surface area contributed by atoms with Crippen LogP contribution in [-0.4, -0.2) is 53.7 Å². The third kappa shape index (κ3) is 5.78. The molecule has 0 aromatic carbocycles. The predicted molar refractivity (Wildman–Crippen MR) is 80.5 cm³/mol. The third-order valence-electron chi connectivity index (χ3n) is 2.93. The Balaban J connectivity index is 2.67. The molecule has 1 aromatic rings. The molecule has 1 aromatic heterocycles. The number of rotatable bonds is 6. The van der Waals surface area contributed by atoms with Gasteiger partial charge in [0.25, 0.3) is 0 Å². The largest absolute Gasteiger partial charge is 0.478 e. The van der Waals surface area contributed by atoms with Gasteiger partial charge in [-0.05, 0) is 26.1 Å². The average Bonchev–Trinajstić information content (AvgIpc) is 2.37. The van der Waals surface area contributed by atoms with Crippen molar-refractivity contribution in [2.75, 3.05) is 26.0 Å². The lowest BCUT2D eigenvalue weighted by atomic mass is 10.0. The normalized spacial score (nSPS) is 12.3. The molecule has 0 bridgehead atoms. The number of nitrogens with one attached hydrogen (secondary N) is 2. The summed E-state index contributed by atoms with van der Waals surface area (Å²) < 4.78 is 0. The van der Waals surface area contributed by atoms with Gasteiger partial charge in [0, 0.05) is 18.8 Å². The molecular weight excluding hydrogens is 272 g/mol. The van der Waals surface area contributed by atoms with Crippen molar-refractivity contribution in [3.8, 4) is 0 Å². The number of anilines is 1. The van der Waals surface area contributed by atoms with Crippen LogP contribution < -0.4 is 10.6 Å². The molecule has 0 saturated heterocycles. The van der Waals surface area contributed by atoms with Gasteiger partial charge in [-0.25, -0.2) is 9.59 Å². The summed E-state index contributed by atoms with van der Waals surface area (Å²) in [4.78, 5) is 28.6. The maximum absolute atomic E-state index is 12.0. The Bertz CT molecular complexity index is 503. The number of carboxylic acids is 1. The van der Waals surface area contributed by atoms with E-state index in [2.05, 4.69) is 15.6 Å². The Morgan fingerprint density at radius 3 is 2.52 bits per heavy atom. The Morgan fingerprint density at radius 2 is 2.00 bits per heavy atom. The highest BCUT2D eigenvalue weighted by Crippen LogP contribution is 2.09. The molecule has 1 unspecified atom stereocenters. The molecule has 0 saturated carbocycles. The number of urea groups is 1. The molecule has 0 aliphatic rings. The van der Waals surface area contributed by atoms with Gasteiger partial charge in [0.2, 0.25) is 0 Å². The van der Waals surface area contributed by atoms with Crippen molar-refractivity contribution in [1.82, 2.24) is 15.2 Å².